The molecule has 0 amide bonds. The summed E-state index contributed by atoms with van der Waals surface area (Å²) in [7, 11) is 0. The summed E-state index contributed by atoms with van der Waals surface area (Å²) < 4.78 is 15.5. The summed E-state index contributed by atoms with van der Waals surface area (Å²) in [6.07, 6.45) is 3.96. The molecule has 0 spiro atoms. The van der Waals surface area contributed by atoms with E-state index >= 15 is 0 Å². The van der Waals surface area contributed by atoms with Gasteiger partial charge in [0.05, 0.1) is 46.7 Å². The van der Waals surface area contributed by atoms with Gasteiger partial charge in [-0.3, -0.25) is 9.36 Å². The molecule has 2 aromatic heterocycles. The maximum atomic E-state index is 14.5. The summed E-state index contributed by atoms with van der Waals surface area (Å²) in [4.78, 5) is 33.7. The van der Waals surface area contributed by atoms with E-state index in [-0.39, 0.29) is 12.2 Å². The molecule has 0 unspecified atom stereocenters. The molecule has 0 fully saturated rings. The van der Waals surface area contributed by atoms with Crippen LogP contribution < -0.4 is 19.6 Å². The highest BCUT2D eigenvalue weighted by Crippen LogP contribution is 2.36. The lowest BCUT2D eigenvalue weighted by atomic mass is 9.93. The Morgan fingerprint density at radius 2 is 1.67 bits per heavy atom. The fourth-order valence-electron chi connectivity index (χ4n) is 6.21. The monoisotopic (exact) mass is 664 g/mol. The molecule has 3 heterocycles. The second kappa shape index (κ2) is 13.6. The highest BCUT2D eigenvalue weighted by atomic mass is 32.1. The van der Waals surface area contributed by atoms with Gasteiger partial charge in [0.1, 0.15) is 5.75 Å². The summed E-state index contributed by atoms with van der Waals surface area (Å²) in [5, 5.41) is 10.2. The van der Waals surface area contributed by atoms with Crippen molar-refractivity contribution in [3.05, 3.63) is 162 Å². The molecule has 6 aromatic rings. The number of esters is 1. The van der Waals surface area contributed by atoms with Crippen LogP contribution in [-0.2, 0) is 16.1 Å². The lowest BCUT2D eigenvalue weighted by Crippen LogP contribution is -2.40. The third-order valence-corrected chi connectivity index (χ3v) is 9.41. The largest absolute Gasteiger partial charge is 0.494 e. The molecule has 1 aliphatic rings. The van der Waals surface area contributed by atoms with E-state index in [0.29, 0.717) is 45.1 Å². The average Bonchev–Trinajstić information content (AvgIpc) is 3.64. The number of para-hydroxylation sites is 1. The van der Waals surface area contributed by atoms with Gasteiger partial charge in [0, 0.05) is 34.8 Å². The second-order valence-electron chi connectivity index (χ2n) is 11.5. The third-order valence-electron chi connectivity index (χ3n) is 8.42. The van der Waals surface area contributed by atoms with Gasteiger partial charge in [-0.2, -0.15) is 5.26 Å². The minimum absolute atomic E-state index is 0.178. The van der Waals surface area contributed by atoms with E-state index in [9.17, 15) is 14.9 Å². The molecule has 242 valence electrons. The lowest BCUT2D eigenvalue weighted by molar-refractivity contribution is -0.138. The quantitative estimate of drug-likeness (QED) is 0.171. The summed E-state index contributed by atoms with van der Waals surface area (Å²) in [5.41, 5.74) is 5.60. The molecule has 0 saturated carbocycles. The summed E-state index contributed by atoms with van der Waals surface area (Å²) >= 11 is 1.30. The number of aromatic nitrogens is 2. The number of benzene rings is 4. The van der Waals surface area contributed by atoms with E-state index in [0.717, 1.165) is 33.2 Å². The molecule has 49 heavy (non-hydrogen) atoms. The van der Waals surface area contributed by atoms with Crippen molar-refractivity contribution >= 4 is 40.0 Å². The van der Waals surface area contributed by atoms with Crippen LogP contribution in [0.1, 0.15) is 47.7 Å². The molecular formula is C40H32N4O4S. The Bertz CT molecular complexity index is 2430. The summed E-state index contributed by atoms with van der Waals surface area (Å²) in [5.74, 6) is 0.171. The number of nitriles is 1. The summed E-state index contributed by atoms with van der Waals surface area (Å²) in [6.45, 7) is 4.98. The van der Waals surface area contributed by atoms with Crippen molar-refractivity contribution in [2.45, 2.75) is 26.4 Å². The lowest BCUT2D eigenvalue weighted by Gasteiger charge is -2.26. The van der Waals surface area contributed by atoms with Crippen LogP contribution in [0.3, 0.4) is 0 Å². The number of carbonyl (C=O) groups excluding carboxylic acids is 1. The van der Waals surface area contributed by atoms with E-state index in [1.54, 1.807) is 11.5 Å². The first-order valence-electron chi connectivity index (χ1n) is 16.1. The fourth-order valence-corrected chi connectivity index (χ4v) is 7.20. The number of hydrogen-bond acceptors (Lipinski definition) is 7. The van der Waals surface area contributed by atoms with Gasteiger partial charge in [0.15, 0.2) is 4.80 Å². The normalized spacial score (nSPS) is 14.3. The van der Waals surface area contributed by atoms with Crippen molar-refractivity contribution in [2.75, 3.05) is 13.2 Å². The smallest absolute Gasteiger partial charge is 0.338 e. The zero-order valence-corrected chi connectivity index (χ0v) is 27.8. The predicted molar refractivity (Wildman–Crippen MR) is 191 cm³/mol. The summed E-state index contributed by atoms with van der Waals surface area (Å²) in [6, 6.07) is 34.0. The second-order valence-corrected chi connectivity index (χ2v) is 12.5. The SMILES string of the molecule is CCOC(=O)C1=C(c2ccccc2)N=c2s/c(=C\c3cn(Cc4ccc(C#N)cc4)c4ccccc34)c(=O)n2[C@@H]1c1ccc(OCC)cc1. The molecule has 0 bridgehead atoms. The van der Waals surface area contributed by atoms with Crippen molar-refractivity contribution in [3.63, 3.8) is 0 Å². The Kier molecular flexibility index (Phi) is 8.79. The maximum Gasteiger partial charge on any atom is 0.338 e. The molecule has 0 N–H and O–H groups in total. The van der Waals surface area contributed by atoms with Crippen LogP contribution in [0, 0.1) is 11.3 Å². The Morgan fingerprint density at radius 1 is 0.939 bits per heavy atom. The van der Waals surface area contributed by atoms with Gasteiger partial charge in [0.25, 0.3) is 5.56 Å². The van der Waals surface area contributed by atoms with Crippen molar-refractivity contribution in [2.24, 2.45) is 4.99 Å². The van der Waals surface area contributed by atoms with Crippen LogP contribution in [0.5, 0.6) is 5.75 Å². The van der Waals surface area contributed by atoms with Gasteiger partial charge in [0.2, 0.25) is 0 Å². The first-order valence-corrected chi connectivity index (χ1v) is 16.9. The number of rotatable bonds is 9. The van der Waals surface area contributed by atoms with E-state index in [1.165, 1.54) is 11.3 Å². The zero-order valence-electron chi connectivity index (χ0n) is 27.0. The first kappa shape index (κ1) is 31.6. The topological polar surface area (TPSA) is 98.6 Å². The first-order chi connectivity index (χ1) is 24.0. The Hall–Kier alpha value is -5.98. The van der Waals surface area contributed by atoms with Crippen molar-refractivity contribution in [3.8, 4) is 11.8 Å². The molecule has 1 aliphatic heterocycles. The van der Waals surface area contributed by atoms with Crippen LogP contribution in [0.4, 0.5) is 0 Å². The minimum atomic E-state index is -0.777. The van der Waals surface area contributed by atoms with Crippen molar-refractivity contribution < 1.29 is 14.3 Å². The number of nitrogens with zero attached hydrogens (tertiary/aromatic N) is 4. The van der Waals surface area contributed by atoms with Crippen LogP contribution in [0.2, 0.25) is 0 Å². The standard InChI is InChI=1S/C40H32N4O4S/c1-3-47-31-20-18-29(19-21-31)37-35(39(46)48-4-2)36(28-10-6-5-7-11-28)42-40-44(37)38(45)34(49-40)22-30-25-43(33-13-9-8-12-32(30)33)24-27-16-14-26(23-41)15-17-27/h5-22,25,37H,3-4,24H2,1-2H3/b34-22-/t37-/m1/s1. The number of hydrogen-bond donors (Lipinski definition) is 0. The van der Waals surface area contributed by atoms with Crippen LogP contribution in [0.15, 0.2) is 125 Å². The molecule has 4 aromatic carbocycles. The number of ether oxygens (including phenoxy) is 2. The van der Waals surface area contributed by atoms with Gasteiger partial charge < -0.3 is 14.0 Å². The van der Waals surface area contributed by atoms with Crippen molar-refractivity contribution in [1.29, 1.82) is 5.26 Å². The van der Waals surface area contributed by atoms with E-state index < -0.39 is 12.0 Å². The molecule has 9 heteroatoms. The van der Waals surface area contributed by atoms with Gasteiger partial charge >= 0.3 is 5.97 Å². The predicted octanol–water partition coefficient (Wildman–Crippen LogP) is 6.21. The Morgan fingerprint density at radius 3 is 2.39 bits per heavy atom. The molecule has 0 aliphatic carbocycles. The third kappa shape index (κ3) is 6.10. The number of thiazole rings is 1. The molecular weight excluding hydrogens is 633 g/mol. The molecule has 7 rings (SSSR count). The number of carbonyl (C=O) groups is 1. The van der Waals surface area contributed by atoms with Gasteiger partial charge in [-0.1, -0.05) is 84.1 Å². The average molecular weight is 665 g/mol. The van der Waals surface area contributed by atoms with Crippen molar-refractivity contribution in [1.82, 2.24) is 9.13 Å². The minimum Gasteiger partial charge on any atom is -0.494 e. The zero-order chi connectivity index (χ0) is 33.9. The Balaban J connectivity index is 1.42. The molecule has 0 radical (unpaired) electrons. The van der Waals surface area contributed by atoms with Crippen LogP contribution in [0.25, 0.3) is 22.7 Å². The number of fused-ring (bicyclic) bond motifs is 2. The van der Waals surface area contributed by atoms with E-state index in [2.05, 4.69) is 16.7 Å². The molecule has 1 atom stereocenters. The molecule has 8 nitrogen and oxygen atoms in total. The fraction of sp³-hybridized carbons (Fsp3) is 0.150. The Labute approximate surface area is 286 Å². The van der Waals surface area contributed by atoms with Gasteiger partial charge in [-0.25, -0.2) is 9.79 Å². The highest BCUT2D eigenvalue weighted by molar-refractivity contribution is 7.07. The van der Waals surface area contributed by atoms with E-state index in [4.69, 9.17) is 14.5 Å². The van der Waals surface area contributed by atoms with Gasteiger partial charge in [-0.05, 0) is 61.4 Å². The maximum absolute atomic E-state index is 14.5. The highest BCUT2D eigenvalue weighted by Gasteiger charge is 2.35. The van der Waals surface area contributed by atoms with Crippen LogP contribution in [-0.4, -0.2) is 28.3 Å². The van der Waals surface area contributed by atoms with Gasteiger partial charge in [-0.15, -0.1) is 0 Å². The molecule has 0 saturated heterocycles. The van der Waals surface area contributed by atoms with E-state index in [1.807, 2.05) is 116 Å². The van der Waals surface area contributed by atoms with Crippen LogP contribution >= 0.6 is 11.3 Å².